The quantitative estimate of drug-likeness (QED) is 0.176. The third-order valence-electron chi connectivity index (χ3n) is 5.41. The van der Waals surface area contributed by atoms with Crippen LogP contribution in [0.2, 0.25) is 0 Å². The number of carbonyl (C=O) groups is 1. The van der Waals surface area contributed by atoms with Crippen LogP contribution in [0.3, 0.4) is 0 Å². The van der Waals surface area contributed by atoms with Crippen LogP contribution in [-0.4, -0.2) is 42.7 Å². The van der Waals surface area contributed by atoms with Crippen LogP contribution in [0.5, 0.6) is 0 Å². The van der Waals surface area contributed by atoms with E-state index < -0.39 is 39.0 Å². The molecular weight excluding hydrogens is 434 g/mol. The number of ether oxygens (including phenoxy) is 3. The Bertz CT molecular complexity index is 1060. The first-order chi connectivity index (χ1) is 15.9. The number of non-ortho nitro benzene ring substituents is 1. The van der Waals surface area contributed by atoms with Gasteiger partial charge in [-0.05, 0) is 17.2 Å². The van der Waals surface area contributed by atoms with Crippen molar-refractivity contribution in [3.63, 3.8) is 0 Å². The van der Waals surface area contributed by atoms with Gasteiger partial charge in [-0.15, -0.1) is 6.58 Å². The van der Waals surface area contributed by atoms with Gasteiger partial charge < -0.3 is 19.5 Å². The van der Waals surface area contributed by atoms with Gasteiger partial charge in [0, 0.05) is 19.6 Å². The molecule has 0 spiro atoms. The number of benzene rings is 2. The van der Waals surface area contributed by atoms with Crippen molar-refractivity contribution in [2.45, 2.75) is 24.2 Å². The Morgan fingerprint density at radius 3 is 2.61 bits per heavy atom. The minimum atomic E-state index is -1.44. The van der Waals surface area contributed by atoms with E-state index >= 15 is 0 Å². The summed E-state index contributed by atoms with van der Waals surface area (Å²) in [6, 6.07) is 9.89. The first kappa shape index (κ1) is 24.0. The molecule has 0 bridgehead atoms. The van der Waals surface area contributed by atoms with Gasteiger partial charge in [-0.1, -0.05) is 30.3 Å². The van der Waals surface area contributed by atoms with E-state index in [-0.39, 0.29) is 25.5 Å². The first-order valence-corrected chi connectivity index (χ1v) is 9.98. The van der Waals surface area contributed by atoms with Crippen molar-refractivity contribution in [2.24, 2.45) is 0 Å². The fraction of sp³-hybridized carbons (Fsp3) is 0.318. The Labute approximate surface area is 189 Å². The second-order valence-electron chi connectivity index (χ2n) is 7.31. The second-order valence-corrected chi connectivity index (χ2v) is 7.31. The molecule has 2 aromatic carbocycles. The third-order valence-corrected chi connectivity index (χ3v) is 5.41. The number of rotatable bonds is 11. The van der Waals surface area contributed by atoms with Crippen LogP contribution in [0, 0.1) is 20.2 Å². The molecule has 0 amide bonds. The number of anilines is 1. The van der Waals surface area contributed by atoms with Gasteiger partial charge in [0.2, 0.25) is 0 Å². The highest BCUT2D eigenvalue weighted by molar-refractivity contribution is 5.71. The van der Waals surface area contributed by atoms with E-state index in [4.69, 9.17) is 14.2 Å². The number of aldehydes is 1. The summed E-state index contributed by atoms with van der Waals surface area (Å²) in [7, 11) is 1.44. The summed E-state index contributed by atoms with van der Waals surface area (Å²) >= 11 is 0. The Balaban J connectivity index is 2.08. The molecule has 3 atom stereocenters. The van der Waals surface area contributed by atoms with Gasteiger partial charge in [0.25, 0.3) is 11.4 Å². The highest BCUT2D eigenvalue weighted by atomic mass is 16.7. The van der Waals surface area contributed by atoms with Crippen molar-refractivity contribution < 1.29 is 28.9 Å². The number of carbonyl (C=O) groups excluding carboxylic acids is 1. The Morgan fingerprint density at radius 2 is 1.97 bits per heavy atom. The zero-order chi connectivity index (χ0) is 24.0. The van der Waals surface area contributed by atoms with Crippen molar-refractivity contribution in [2.75, 3.05) is 25.8 Å². The highest BCUT2D eigenvalue weighted by Gasteiger charge is 2.49. The topological polar surface area (TPSA) is 143 Å². The van der Waals surface area contributed by atoms with Gasteiger partial charge >= 0.3 is 0 Å². The molecule has 1 aliphatic rings. The largest absolute Gasteiger partial charge is 0.373 e. The maximum atomic E-state index is 12.4. The van der Waals surface area contributed by atoms with Gasteiger partial charge in [-0.2, -0.15) is 0 Å². The number of hydrogen-bond donors (Lipinski definition) is 1. The van der Waals surface area contributed by atoms with E-state index in [2.05, 4.69) is 11.9 Å². The minimum absolute atomic E-state index is 0.0891. The van der Waals surface area contributed by atoms with Gasteiger partial charge in [0.05, 0.1) is 28.6 Å². The summed E-state index contributed by atoms with van der Waals surface area (Å²) < 4.78 is 16.8. The lowest BCUT2D eigenvalue weighted by atomic mass is 9.75. The molecule has 0 aliphatic heterocycles. The minimum Gasteiger partial charge on any atom is -0.373 e. The van der Waals surface area contributed by atoms with Crippen LogP contribution < -0.4 is 5.32 Å². The van der Waals surface area contributed by atoms with Crippen molar-refractivity contribution in [1.82, 2.24) is 0 Å². The summed E-state index contributed by atoms with van der Waals surface area (Å²) in [4.78, 5) is 33.6. The maximum Gasteiger partial charge on any atom is 0.299 e. The molecule has 3 rings (SSSR count). The number of nitro groups is 2. The van der Waals surface area contributed by atoms with Gasteiger partial charge in [-0.25, -0.2) is 0 Å². The molecule has 11 nitrogen and oxygen atoms in total. The first-order valence-electron chi connectivity index (χ1n) is 9.98. The molecule has 1 unspecified atom stereocenters. The Kier molecular flexibility index (Phi) is 7.48. The lowest BCUT2D eigenvalue weighted by Crippen LogP contribution is -2.50. The Hall–Kier alpha value is -3.67. The fourth-order valence-electron chi connectivity index (χ4n) is 3.96. The van der Waals surface area contributed by atoms with Gasteiger partial charge in [-0.3, -0.25) is 25.0 Å². The normalized spacial score (nSPS) is 21.6. The monoisotopic (exact) mass is 457 g/mol. The summed E-state index contributed by atoms with van der Waals surface area (Å²) in [5, 5.41) is 25.7. The number of methoxy groups -OCH3 is 1. The van der Waals surface area contributed by atoms with Crippen LogP contribution in [0.4, 0.5) is 17.1 Å². The number of nitrogens with one attached hydrogen (secondary N) is 1. The van der Waals surface area contributed by atoms with E-state index in [9.17, 15) is 25.0 Å². The standard InChI is InChI=1S/C22H23N3O8/c1-3-10-33-22(13-26)17-7-5-4-6-16(17)19(12-21(22)32-14-31-2)23-18-9-8-15(24(27)28)11-20(18)25(29)30/h3-9,11,13,19,21,23H,1,10,12,14H2,2H3/t19?,21-,22+/m0/s1. The van der Waals surface area contributed by atoms with Crippen LogP contribution in [-0.2, 0) is 24.6 Å². The molecule has 1 N–H and O–H groups in total. The number of nitrogens with zero attached hydrogens (tertiary/aromatic N) is 2. The molecule has 2 aromatic rings. The van der Waals surface area contributed by atoms with Crippen molar-refractivity contribution >= 4 is 23.3 Å². The van der Waals surface area contributed by atoms with Gasteiger partial charge in [0.15, 0.2) is 11.9 Å². The summed E-state index contributed by atoms with van der Waals surface area (Å²) in [5.74, 6) is 0. The third kappa shape index (κ3) is 4.75. The van der Waals surface area contributed by atoms with Gasteiger partial charge in [0.1, 0.15) is 18.6 Å². The molecule has 0 heterocycles. The van der Waals surface area contributed by atoms with Crippen LogP contribution in [0.1, 0.15) is 23.6 Å². The second kappa shape index (κ2) is 10.3. The fourth-order valence-corrected chi connectivity index (χ4v) is 3.96. The zero-order valence-electron chi connectivity index (χ0n) is 17.8. The molecule has 174 valence electrons. The predicted octanol–water partition coefficient (Wildman–Crippen LogP) is 3.65. The zero-order valence-corrected chi connectivity index (χ0v) is 17.8. The van der Waals surface area contributed by atoms with Crippen molar-refractivity contribution in [3.8, 4) is 0 Å². The van der Waals surface area contributed by atoms with E-state index in [0.29, 0.717) is 17.4 Å². The number of fused-ring (bicyclic) bond motifs is 1. The average molecular weight is 457 g/mol. The van der Waals surface area contributed by atoms with E-state index in [1.54, 1.807) is 24.3 Å². The SMILES string of the molecule is C=CCO[C@]1(C=O)c2ccccc2C(Nc2ccc([N+](=O)[O-])cc2[N+](=O)[O-])C[C@@H]1OCOC. The number of nitro benzene ring substituents is 2. The summed E-state index contributed by atoms with van der Waals surface area (Å²) in [6.45, 7) is 3.62. The maximum absolute atomic E-state index is 12.4. The van der Waals surface area contributed by atoms with E-state index in [0.717, 1.165) is 6.07 Å². The predicted molar refractivity (Wildman–Crippen MR) is 118 cm³/mol. The molecular formula is C22H23N3O8. The molecule has 11 heteroatoms. The summed E-state index contributed by atoms with van der Waals surface area (Å²) in [6.07, 6.45) is 1.61. The lowest BCUT2D eigenvalue weighted by Gasteiger charge is -2.44. The van der Waals surface area contributed by atoms with Crippen molar-refractivity contribution in [1.29, 1.82) is 0 Å². The van der Waals surface area contributed by atoms with Crippen LogP contribution in [0.15, 0.2) is 55.1 Å². The number of hydrogen-bond acceptors (Lipinski definition) is 9. The van der Waals surface area contributed by atoms with Crippen LogP contribution >= 0.6 is 0 Å². The molecule has 33 heavy (non-hydrogen) atoms. The highest BCUT2D eigenvalue weighted by Crippen LogP contribution is 2.45. The molecule has 0 aromatic heterocycles. The lowest BCUT2D eigenvalue weighted by molar-refractivity contribution is -0.393. The summed E-state index contributed by atoms with van der Waals surface area (Å²) in [5.41, 5.74) is -0.957. The average Bonchev–Trinajstić information content (AvgIpc) is 2.82. The molecule has 0 fully saturated rings. The van der Waals surface area contributed by atoms with E-state index in [1.807, 2.05) is 0 Å². The molecule has 1 aliphatic carbocycles. The Morgan fingerprint density at radius 1 is 1.21 bits per heavy atom. The molecule has 0 saturated heterocycles. The molecule has 0 saturated carbocycles. The van der Waals surface area contributed by atoms with E-state index in [1.165, 1.54) is 25.3 Å². The molecule has 0 radical (unpaired) electrons. The smallest absolute Gasteiger partial charge is 0.299 e. The van der Waals surface area contributed by atoms with Crippen LogP contribution in [0.25, 0.3) is 0 Å². The van der Waals surface area contributed by atoms with Crippen molar-refractivity contribution in [3.05, 3.63) is 86.5 Å².